The minimum absolute atomic E-state index is 0.0573. The Balaban J connectivity index is 0.939. The third kappa shape index (κ3) is 5.82. The van der Waals surface area contributed by atoms with Crippen LogP contribution in [-0.4, -0.2) is 24.1 Å². The Hall–Kier alpha value is -9.17. The van der Waals surface area contributed by atoms with Crippen molar-refractivity contribution in [1.29, 1.82) is 0 Å². The zero-order valence-corrected chi connectivity index (χ0v) is 37.7. The van der Waals surface area contributed by atoms with Crippen LogP contribution in [0.25, 0.3) is 142 Å². The van der Waals surface area contributed by atoms with Gasteiger partial charge >= 0.3 is 0 Å². The Labute approximate surface area is 414 Å². The molecule has 6 nitrogen and oxygen atoms in total. The maximum absolute atomic E-state index is 9.28. The highest BCUT2D eigenvalue weighted by Gasteiger charge is 2.22. The summed E-state index contributed by atoms with van der Waals surface area (Å²) in [7, 11) is 0. The monoisotopic (exact) mass is 918 g/mol. The molecule has 0 bridgehead atoms. The molecule has 0 amide bonds. The average Bonchev–Trinajstić information content (AvgIpc) is 4.25. The quantitative estimate of drug-likeness (QED) is 0.167. The lowest BCUT2D eigenvalue weighted by molar-refractivity contribution is 0.670. The van der Waals surface area contributed by atoms with Gasteiger partial charge in [0.05, 0.1) is 37.3 Å². The summed E-state index contributed by atoms with van der Waals surface area (Å²) in [6.07, 6.45) is 0. The molecule has 5 aromatic heterocycles. The third-order valence-electron chi connectivity index (χ3n) is 13.5. The average molecular weight is 919 g/mol. The van der Waals surface area contributed by atoms with Crippen molar-refractivity contribution in [3.05, 3.63) is 224 Å². The van der Waals surface area contributed by atoms with E-state index in [0.717, 1.165) is 91.7 Å². The molecule has 15 rings (SSSR count). The van der Waals surface area contributed by atoms with Gasteiger partial charge in [0.1, 0.15) is 11.2 Å². The first-order chi connectivity index (χ1) is 37.6. The second-order valence-corrected chi connectivity index (χ2v) is 18.4. The molecule has 0 aliphatic rings. The van der Waals surface area contributed by atoms with Crippen molar-refractivity contribution < 1.29 is 14.0 Å². The van der Waals surface area contributed by atoms with Crippen molar-refractivity contribution >= 4 is 97.1 Å². The fourth-order valence-electron chi connectivity index (χ4n) is 10.4. The molecule has 0 spiro atoms. The van der Waals surface area contributed by atoms with Crippen LogP contribution in [0.1, 0.15) is 9.60 Å². The minimum Gasteiger partial charge on any atom is -0.455 e. The Morgan fingerprint density at radius 2 is 1.04 bits per heavy atom. The number of furan rings is 1. The first-order valence-electron chi connectivity index (χ1n) is 26.4. The maximum Gasteiger partial charge on any atom is 0.238 e. The van der Waals surface area contributed by atoms with E-state index >= 15 is 0 Å². The molecule has 0 aliphatic heterocycles. The number of rotatable bonds is 6. The lowest BCUT2D eigenvalue weighted by atomic mass is 9.98. The summed E-state index contributed by atoms with van der Waals surface area (Å²) in [5.74, 6) is 0.995. The van der Waals surface area contributed by atoms with Crippen molar-refractivity contribution in [2.24, 2.45) is 0 Å². The van der Waals surface area contributed by atoms with Crippen LogP contribution >= 0.6 is 11.3 Å². The van der Waals surface area contributed by atoms with Crippen LogP contribution in [0.5, 0.6) is 0 Å². The number of hydrogen-bond acceptors (Lipinski definition) is 5. The van der Waals surface area contributed by atoms with E-state index in [-0.39, 0.29) is 57.8 Å². The Morgan fingerprint density at radius 3 is 1.91 bits per heavy atom. The van der Waals surface area contributed by atoms with Gasteiger partial charge in [0.2, 0.25) is 5.95 Å². The third-order valence-corrected chi connectivity index (χ3v) is 14.7. The largest absolute Gasteiger partial charge is 0.455 e. The Kier molecular flexibility index (Phi) is 7.05. The predicted molar refractivity (Wildman–Crippen MR) is 290 cm³/mol. The second kappa shape index (κ2) is 15.2. The summed E-state index contributed by atoms with van der Waals surface area (Å²) < 4.78 is 75.1. The van der Waals surface area contributed by atoms with Gasteiger partial charge in [0.15, 0.2) is 11.6 Å². The van der Waals surface area contributed by atoms with Gasteiger partial charge < -0.3 is 8.98 Å². The summed E-state index contributed by atoms with van der Waals surface area (Å²) in [5, 5.41) is 6.66. The molecule has 326 valence electrons. The lowest BCUT2D eigenvalue weighted by Gasteiger charge is -2.15. The van der Waals surface area contributed by atoms with Crippen LogP contribution in [0.3, 0.4) is 0 Å². The van der Waals surface area contributed by atoms with Crippen LogP contribution in [0, 0.1) is 0 Å². The number of hydrogen-bond donors (Lipinski definition) is 0. The summed E-state index contributed by atoms with van der Waals surface area (Å²) in [6, 6.07) is 58.4. The molecule has 0 saturated heterocycles. The van der Waals surface area contributed by atoms with E-state index in [4.69, 9.17) is 26.2 Å². The van der Waals surface area contributed by atoms with Gasteiger partial charge in [-0.05, 0) is 77.3 Å². The van der Waals surface area contributed by atoms with Crippen LogP contribution in [0.4, 0.5) is 0 Å². The number of thiophene rings is 1. The predicted octanol–water partition coefficient (Wildman–Crippen LogP) is 17.0. The number of benzene rings is 10. The van der Waals surface area contributed by atoms with Gasteiger partial charge in [-0.2, -0.15) is 9.97 Å². The van der Waals surface area contributed by atoms with Gasteiger partial charge in [-0.25, -0.2) is 4.98 Å². The number of aromatic nitrogens is 5. The van der Waals surface area contributed by atoms with Crippen LogP contribution in [0.15, 0.2) is 229 Å². The molecule has 0 aliphatic carbocycles. The van der Waals surface area contributed by atoms with E-state index in [0.29, 0.717) is 23.0 Å². The van der Waals surface area contributed by atoms with E-state index in [9.17, 15) is 2.74 Å². The smallest absolute Gasteiger partial charge is 0.238 e. The molecular weight excluding hydrogens is 875 g/mol. The van der Waals surface area contributed by atoms with Crippen LogP contribution < -0.4 is 0 Å². The highest BCUT2D eigenvalue weighted by molar-refractivity contribution is 7.26. The Morgan fingerprint density at radius 1 is 0.400 bits per heavy atom. The van der Waals surface area contributed by atoms with Gasteiger partial charge in [-0.3, -0.25) is 4.57 Å². The van der Waals surface area contributed by atoms with Crippen molar-refractivity contribution in [2.45, 2.75) is 0 Å². The summed E-state index contributed by atoms with van der Waals surface area (Å²) in [4.78, 5) is 15.9. The fourth-order valence-corrected chi connectivity index (χ4v) is 11.6. The molecule has 0 unspecified atom stereocenters. The molecule has 7 heteroatoms. The number of nitrogens with zero attached hydrogens (tertiary/aromatic N) is 5. The van der Waals surface area contributed by atoms with E-state index in [1.165, 1.54) is 6.07 Å². The maximum atomic E-state index is 9.28. The van der Waals surface area contributed by atoms with Gasteiger partial charge in [-0.1, -0.05) is 164 Å². The van der Waals surface area contributed by atoms with E-state index in [1.807, 2.05) is 89.5 Å². The number of para-hydroxylation sites is 7. The molecule has 0 radical (unpaired) electrons. The lowest BCUT2D eigenvalue weighted by Crippen LogP contribution is -2.07. The molecule has 10 aromatic carbocycles. The molecule has 70 heavy (non-hydrogen) atoms. The first kappa shape index (κ1) is 32.5. The van der Waals surface area contributed by atoms with Crippen LogP contribution in [0.2, 0.25) is 0 Å². The minimum atomic E-state index is -0.470. The zero-order valence-electron chi connectivity index (χ0n) is 43.9. The molecule has 0 saturated carbocycles. The molecule has 15 aromatic rings. The second-order valence-electron chi connectivity index (χ2n) is 17.4. The first-order valence-corrected chi connectivity index (χ1v) is 23.8. The Bertz CT molecular complexity index is 5000. The highest BCUT2D eigenvalue weighted by atomic mass is 32.1. The summed E-state index contributed by atoms with van der Waals surface area (Å²) >= 11 is 1.75. The van der Waals surface area contributed by atoms with Crippen molar-refractivity contribution in [3.63, 3.8) is 0 Å². The standard InChI is InChI=1S/C63H37N5OS/c1-7-28-52-43(18-1)44-19-2-8-29-53(44)67(52)56-32-11-5-23-50(56)62-64-61(65-63(66-62)68-54-30-9-3-20-45(54)46-21-4-10-31-55(46)68)40-17-13-16-38(36-40)42-25-15-27-49-51-37-39(34-35-58(51)70-60(42)49)41-24-14-26-48-47-22-6-12-33-57(47)69-59(41)48/h1-37H/i1D,2D,7D,18D,19D,28D,29D. The molecule has 0 N–H and O–H groups in total. The fraction of sp³-hybridized carbons (Fsp3) is 0. The molecule has 0 atom stereocenters. The van der Waals surface area contributed by atoms with Crippen molar-refractivity contribution in [1.82, 2.24) is 24.1 Å². The molecule has 5 heterocycles. The topological polar surface area (TPSA) is 61.7 Å². The highest BCUT2D eigenvalue weighted by Crippen LogP contribution is 2.44. The van der Waals surface area contributed by atoms with Gasteiger partial charge in [0, 0.05) is 69.2 Å². The van der Waals surface area contributed by atoms with Crippen molar-refractivity contribution in [3.8, 4) is 56.7 Å². The summed E-state index contributed by atoms with van der Waals surface area (Å²) in [6.45, 7) is 0. The normalized spacial score (nSPS) is 13.4. The van der Waals surface area contributed by atoms with E-state index < -0.39 is 12.1 Å². The van der Waals surface area contributed by atoms with Gasteiger partial charge in [-0.15, -0.1) is 11.3 Å². The van der Waals surface area contributed by atoms with Crippen molar-refractivity contribution in [2.75, 3.05) is 0 Å². The molecular formula is C63H37N5OS. The number of fused-ring (bicyclic) bond motifs is 12. The van der Waals surface area contributed by atoms with E-state index in [1.54, 1.807) is 22.0 Å². The van der Waals surface area contributed by atoms with Gasteiger partial charge in [0.25, 0.3) is 0 Å². The zero-order chi connectivity index (χ0) is 52.0. The SMILES string of the molecule is [2H]c1cc([2H])c2c(c1[2H])c1c([2H])c([2H])c([2H])c([2H])c1n2-c1ccccc1-c1nc(-c2cccc(-c3cccc4c3sc3ccc(-c5cccc6c5oc5ccccc56)cc34)c2)nc(-n2c3ccccc3c3ccccc32)n1. The van der Waals surface area contributed by atoms with E-state index in [2.05, 4.69) is 84.9 Å². The van der Waals surface area contributed by atoms with Crippen LogP contribution in [-0.2, 0) is 0 Å². The molecule has 0 fully saturated rings. The summed E-state index contributed by atoms with van der Waals surface area (Å²) in [5.41, 5.74) is 9.51.